The largest absolute Gasteiger partial charge is 0.497 e. The smallest absolute Gasteiger partial charge is 0.272 e. The summed E-state index contributed by atoms with van der Waals surface area (Å²) in [6.07, 6.45) is 3.15. The van der Waals surface area contributed by atoms with Crippen LogP contribution in [-0.4, -0.2) is 54.4 Å². The zero-order valence-electron chi connectivity index (χ0n) is 14.1. The number of H-pyrrole nitrogens is 1. The highest BCUT2D eigenvalue weighted by Crippen LogP contribution is 2.24. The predicted molar refractivity (Wildman–Crippen MR) is 91.1 cm³/mol. The molecule has 1 saturated heterocycles. The molecule has 1 unspecified atom stereocenters. The molecule has 0 bridgehead atoms. The van der Waals surface area contributed by atoms with Gasteiger partial charge in [0.05, 0.1) is 25.5 Å². The first-order chi connectivity index (χ1) is 11.7. The minimum absolute atomic E-state index is 0.0154. The zero-order chi connectivity index (χ0) is 16.9. The van der Waals surface area contributed by atoms with Crippen molar-refractivity contribution in [1.82, 2.24) is 15.1 Å². The van der Waals surface area contributed by atoms with Crippen LogP contribution in [0.2, 0.25) is 0 Å². The molecular weight excluding hydrogens is 306 g/mol. The number of amides is 1. The van der Waals surface area contributed by atoms with E-state index in [2.05, 4.69) is 10.2 Å². The molecule has 1 N–H and O–H groups in total. The van der Waals surface area contributed by atoms with Gasteiger partial charge in [0.15, 0.2) is 0 Å². The molecule has 1 aromatic carbocycles. The molecule has 1 aliphatic heterocycles. The number of nitrogens with zero attached hydrogens (tertiary/aromatic N) is 2. The summed E-state index contributed by atoms with van der Waals surface area (Å²) in [5.74, 6) is 0.748. The Labute approximate surface area is 141 Å². The van der Waals surface area contributed by atoms with Gasteiger partial charge < -0.3 is 14.4 Å². The third-order valence-corrected chi connectivity index (χ3v) is 4.42. The van der Waals surface area contributed by atoms with E-state index in [1.165, 1.54) is 0 Å². The van der Waals surface area contributed by atoms with E-state index in [1.54, 1.807) is 20.3 Å². The van der Waals surface area contributed by atoms with Crippen molar-refractivity contribution in [2.45, 2.75) is 25.3 Å². The Morgan fingerprint density at radius 3 is 3.00 bits per heavy atom. The number of aromatic nitrogens is 2. The van der Waals surface area contributed by atoms with Gasteiger partial charge in [-0.2, -0.15) is 5.10 Å². The molecule has 1 aliphatic rings. The van der Waals surface area contributed by atoms with Crippen LogP contribution in [0.3, 0.4) is 0 Å². The number of nitrogens with one attached hydrogen (secondary N) is 1. The van der Waals surface area contributed by atoms with E-state index in [9.17, 15) is 4.79 Å². The molecule has 0 saturated carbocycles. The molecule has 1 aromatic heterocycles. The van der Waals surface area contributed by atoms with Crippen LogP contribution in [0.5, 0.6) is 5.75 Å². The summed E-state index contributed by atoms with van der Waals surface area (Å²) in [5, 5.41) is 7.17. The van der Waals surface area contributed by atoms with E-state index in [1.807, 2.05) is 29.2 Å². The van der Waals surface area contributed by atoms with E-state index in [0.717, 1.165) is 42.8 Å². The number of piperidine rings is 1. The fourth-order valence-electron chi connectivity index (χ4n) is 3.15. The fourth-order valence-corrected chi connectivity index (χ4v) is 3.15. The van der Waals surface area contributed by atoms with Gasteiger partial charge >= 0.3 is 0 Å². The van der Waals surface area contributed by atoms with Crippen LogP contribution < -0.4 is 4.74 Å². The maximum Gasteiger partial charge on any atom is 0.272 e. The maximum atomic E-state index is 12.8. The third-order valence-electron chi connectivity index (χ3n) is 4.42. The summed E-state index contributed by atoms with van der Waals surface area (Å²) >= 11 is 0. The summed E-state index contributed by atoms with van der Waals surface area (Å²) in [5.41, 5.74) is 2.16. The zero-order valence-corrected chi connectivity index (χ0v) is 14.1. The fraction of sp³-hybridized carbons (Fsp3) is 0.444. The Balaban J connectivity index is 1.80. The van der Waals surface area contributed by atoms with Gasteiger partial charge in [-0.05, 0) is 37.5 Å². The van der Waals surface area contributed by atoms with Crippen LogP contribution in [0.15, 0.2) is 30.3 Å². The van der Waals surface area contributed by atoms with Gasteiger partial charge in [-0.1, -0.05) is 12.1 Å². The SMILES string of the molecule is COCC1CCCCN1C(=O)c1cc(-c2cccc(OC)c2)n[nH]1. The standard InChI is InChI=1S/C18H23N3O3/c1-23-12-14-7-3-4-9-21(14)18(22)17-11-16(19-20-17)13-6-5-8-15(10-13)24-2/h5-6,8,10-11,14H,3-4,7,9,12H2,1-2H3,(H,19,20). The van der Waals surface area contributed by atoms with Crippen molar-refractivity contribution in [2.75, 3.05) is 27.4 Å². The molecule has 6 heteroatoms. The molecule has 2 heterocycles. The molecule has 3 rings (SSSR count). The minimum Gasteiger partial charge on any atom is -0.497 e. The van der Waals surface area contributed by atoms with Crippen molar-refractivity contribution in [3.05, 3.63) is 36.0 Å². The first-order valence-corrected chi connectivity index (χ1v) is 8.22. The molecule has 6 nitrogen and oxygen atoms in total. The number of benzene rings is 1. The summed E-state index contributed by atoms with van der Waals surface area (Å²) in [6.45, 7) is 1.34. The van der Waals surface area contributed by atoms with Gasteiger partial charge in [0.2, 0.25) is 0 Å². The van der Waals surface area contributed by atoms with Crippen molar-refractivity contribution >= 4 is 5.91 Å². The van der Waals surface area contributed by atoms with Gasteiger partial charge in [-0.25, -0.2) is 0 Å². The lowest BCUT2D eigenvalue weighted by atomic mass is 10.0. The lowest BCUT2D eigenvalue weighted by Crippen LogP contribution is -2.46. The van der Waals surface area contributed by atoms with E-state index in [-0.39, 0.29) is 11.9 Å². The first-order valence-electron chi connectivity index (χ1n) is 8.22. The van der Waals surface area contributed by atoms with Gasteiger partial charge in [-0.15, -0.1) is 0 Å². The number of carbonyl (C=O) groups excluding carboxylic acids is 1. The molecule has 0 spiro atoms. The number of likely N-dealkylation sites (tertiary alicyclic amines) is 1. The Bertz CT molecular complexity index is 696. The normalized spacial score (nSPS) is 17.8. The second-order valence-electron chi connectivity index (χ2n) is 6.00. The third kappa shape index (κ3) is 3.43. The lowest BCUT2D eigenvalue weighted by Gasteiger charge is -2.34. The van der Waals surface area contributed by atoms with Crippen LogP contribution >= 0.6 is 0 Å². The highest BCUT2D eigenvalue weighted by atomic mass is 16.5. The van der Waals surface area contributed by atoms with E-state index >= 15 is 0 Å². The Hall–Kier alpha value is -2.34. The summed E-state index contributed by atoms with van der Waals surface area (Å²) in [4.78, 5) is 14.7. The molecule has 1 amide bonds. The highest BCUT2D eigenvalue weighted by Gasteiger charge is 2.28. The summed E-state index contributed by atoms with van der Waals surface area (Å²) in [6, 6.07) is 9.57. The Kier molecular flexibility index (Phi) is 5.15. The summed E-state index contributed by atoms with van der Waals surface area (Å²) in [7, 11) is 3.30. The van der Waals surface area contributed by atoms with Crippen LogP contribution in [0.1, 0.15) is 29.8 Å². The van der Waals surface area contributed by atoms with Crippen LogP contribution in [-0.2, 0) is 4.74 Å². The van der Waals surface area contributed by atoms with Crippen molar-refractivity contribution in [1.29, 1.82) is 0 Å². The van der Waals surface area contributed by atoms with Crippen LogP contribution in [0, 0.1) is 0 Å². The highest BCUT2D eigenvalue weighted by molar-refractivity contribution is 5.93. The second kappa shape index (κ2) is 7.49. The quantitative estimate of drug-likeness (QED) is 0.916. The lowest BCUT2D eigenvalue weighted by molar-refractivity contribution is 0.0423. The maximum absolute atomic E-state index is 12.8. The average molecular weight is 329 g/mol. The Morgan fingerprint density at radius 2 is 2.21 bits per heavy atom. The summed E-state index contributed by atoms with van der Waals surface area (Å²) < 4.78 is 10.5. The number of hydrogen-bond donors (Lipinski definition) is 1. The first kappa shape index (κ1) is 16.5. The van der Waals surface area contributed by atoms with E-state index < -0.39 is 0 Å². The minimum atomic E-state index is -0.0154. The van der Waals surface area contributed by atoms with E-state index in [0.29, 0.717) is 12.3 Å². The molecule has 2 aromatic rings. The van der Waals surface area contributed by atoms with Gasteiger partial charge in [-0.3, -0.25) is 9.89 Å². The van der Waals surface area contributed by atoms with Crippen LogP contribution in [0.4, 0.5) is 0 Å². The van der Waals surface area contributed by atoms with Gasteiger partial charge in [0, 0.05) is 19.2 Å². The number of rotatable bonds is 5. The van der Waals surface area contributed by atoms with Crippen molar-refractivity contribution in [3.63, 3.8) is 0 Å². The van der Waals surface area contributed by atoms with Gasteiger partial charge in [0.1, 0.15) is 11.4 Å². The molecule has 1 fully saturated rings. The topological polar surface area (TPSA) is 67.4 Å². The Morgan fingerprint density at radius 1 is 1.33 bits per heavy atom. The number of hydrogen-bond acceptors (Lipinski definition) is 4. The van der Waals surface area contributed by atoms with Crippen molar-refractivity contribution in [2.24, 2.45) is 0 Å². The van der Waals surface area contributed by atoms with E-state index in [4.69, 9.17) is 9.47 Å². The predicted octanol–water partition coefficient (Wildman–Crippen LogP) is 2.73. The van der Waals surface area contributed by atoms with Crippen LogP contribution in [0.25, 0.3) is 11.3 Å². The second-order valence-corrected chi connectivity index (χ2v) is 6.00. The monoisotopic (exact) mass is 329 g/mol. The number of ether oxygens (including phenoxy) is 2. The molecule has 1 atom stereocenters. The molecule has 128 valence electrons. The van der Waals surface area contributed by atoms with Gasteiger partial charge in [0.25, 0.3) is 5.91 Å². The number of aromatic amines is 1. The molecular formula is C18H23N3O3. The number of methoxy groups -OCH3 is 2. The molecule has 0 radical (unpaired) electrons. The molecule has 0 aliphatic carbocycles. The van der Waals surface area contributed by atoms with Crippen molar-refractivity contribution in [3.8, 4) is 17.0 Å². The van der Waals surface area contributed by atoms with Crippen molar-refractivity contribution < 1.29 is 14.3 Å². The molecule has 24 heavy (non-hydrogen) atoms. The average Bonchev–Trinajstić information content (AvgIpc) is 3.12. The number of carbonyl (C=O) groups is 1.